The van der Waals surface area contributed by atoms with E-state index in [1.807, 2.05) is 36.4 Å². The Morgan fingerprint density at radius 3 is 2.21 bits per heavy atom. The van der Waals surface area contributed by atoms with E-state index >= 15 is 0 Å². The van der Waals surface area contributed by atoms with E-state index in [1.165, 1.54) is 7.05 Å². The summed E-state index contributed by atoms with van der Waals surface area (Å²) in [5.74, 6) is -1.30. The average molecular weight is 380 g/mol. The number of carbonyl (C=O) groups is 4. The third-order valence-corrected chi connectivity index (χ3v) is 4.54. The van der Waals surface area contributed by atoms with E-state index in [-0.39, 0.29) is 6.42 Å². The zero-order valence-corrected chi connectivity index (χ0v) is 15.3. The van der Waals surface area contributed by atoms with Crippen molar-refractivity contribution in [1.29, 1.82) is 0 Å². The van der Waals surface area contributed by atoms with E-state index in [4.69, 9.17) is 0 Å². The van der Waals surface area contributed by atoms with E-state index in [1.54, 1.807) is 24.3 Å². The highest BCUT2D eigenvalue weighted by atomic mass is 16.2. The van der Waals surface area contributed by atoms with Crippen molar-refractivity contribution in [2.24, 2.45) is 0 Å². The number of hydrogen-bond acceptors (Lipinski definition) is 4. The maximum absolute atomic E-state index is 13.3. The number of nitrogens with zero attached hydrogens (tertiary/aromatic N) is 1. The molecule has 1 aliphatic heterocycles. The summed E-state index contributed by atoms with van der Waals surface area (Å²) in [5.41, 5.74) is 0.149. The standard InChI is InChI=1S/C20H20N4O4/c1-21-18(27)22-16(25)13-24-17(26)20(23-19(24)28,15-10-6-3-7-11-15)12-14-8-4-2-5-9-14/h2-11H,12-13H2,1H3,(H,23,28)(H2,21,22,25,27)/t20-/m0/s1. The molecule has 1 saturated heterocycles. The van der Waals surface area contributed by atoms with Gasteiger partial charge < -0.3 is 10.6 Å². The molecule has 0 unspecified atom stereocenters. The fourth-order valence-electron chi connectivity index (χ4n) is 3.18. The predicted octanol–water partition coefficient (Wildman–Crippen LogP) is 1.13. The summed E-state index contributed by atoms with van der Waals surface area (Å²) in [5, 5.41) is 7.06. The van der Waals surface area contributed by atoms with Crippen LogP contribution in [-0.2, 0) is 21.5 Å². The summed E-state index contributed by atoms with van der Waals surface area (Å²) in [7, 11) is 1.36. The zero-order chi connectivity index (χ0) is 20.1. The first-order chi connectivity index (χ1) is 13.5. The minimum atomic E-state index is -1.33. The van der Waals surface area contributed by atoms with Crippen LogP contribution in [0.1, 0.15) is 11.1 Å². The van der Waals surface area contributed by atoms with Gasteiger partial charge in [0, 0.05) is 13.5 Å². The van der Waals surface area contributed by atoms with Crippen LogP contribution >= 0.6 is 0 Å². The van der Waals surface area contributed by atoms with E-state index in [0.29, 0.717) is 5.56 Å². The molecule has 2 aromatic rings. The molecule has 3 N–H and O–H groups in total. The molecule has 8 nitrogen and oxygen atoms in total. The monoisotopic (exact) mass is 380 g/mol. The molecule has 1 atom stereocenters. The second-order valence-corrected chi connectivity index (χ2v) is 6.38. The van der Waals surface area contributed by atoms with Crippen LogP contribution in [0.25, 0.3) is 0 Å². The summed E-state index contributed by atoms with van der Waals surface area (Å²) in [6.45, 7) is -0.554. The Hall–Kier alpha value is -3.68. The van der Waals surface area contributed by atoms with Gasteiger partial charge in [0.05, 0.1) is 0 Å². The quantitative estimate of drug-likeness (QED) is 0.676. The number of rotatable bonds is 5. The molecular weight excluding hydrogens is 360 g/mol. The van der Waals surface area contributed by atoms with Gasteiger partial charge in [-0.2, -0.15) is 0 Å². The first-order valence-electron chi connectivity index (χ1n) is 8.71. The van der Waals surface area contributed by atoms with E-state index in [2.05, 4.69) is 16.0 Å². The van der Waals surface area contributed by atoms with Gasteiger partial charge >= 0.3 is 12.1 Å². The summed E-state index contributed by atoms with van der Waals surface area (Å²) in [6.07, 6.45) is 0.232. The molecule has 1 heterocycles. The van der Waals surface area contributed by atoms with Crippen LogP contribution in [-0.4, -0.2) is 42.4 Å². The minimum absolute atomic E-state index is 0.232. The number of nitrogens with one attached hydrogen (secondary N) is 3. The molecule has 0 spiro atoms. The molecule has 0 aliphatic carbocycles. The van der Waals surface area contributed by atoms with Gasteiger partial charge in [0.25, 0.3) is 5.91 Å². The maximum Gasteiger partial charge on any atom is 0.325 e. The SMILES string of the molecule is CNC(=O)NC(=O)CN1C(=O)N[C@@](Cc2ccccc2)(c2ccccc2)C1=O. The fraction of sp³-hybridized carbons (Fsp3) is 0.200. The number of carbonyl (C=O) groups excluding carboxylic acids is 4. The number of urea groups is 2. The van der Waals surface area contributed by atoms with Crippen LogP contribution in [0.5, 0.6) is 0 Å². The Bertz CT molecular complexity index is 901. The highest BCUT2D eigenvalue weighted by Gasteiger charge is 2.52. The van der Waals surface area contributed by atoms with Crippen LogP contribution < -0.4 is 16.0 Å². The van der Waals surface area contributed by atoms with Crippen LogP contribution in [0.3, 0.4) is 0 Å². The normalized spacial score (nSPS) is 18.5. The van der Waals surface area contributed by atoms with Crippen molar-refractivity contribution in [2.45, 2.75) is 12.0 Å². The van der Waals surface area contributed by atoms with E-state index in [9.17, 15) is 19.2 Å². The highest BCUT2D eigenvalue weighted by Crippen LogP contribution is 2.32. The molecular formula is C20H20N4O4. The molecule has 2 aromatic carbocycles. The molecule has 0 saturated carbocycles. The lowest BCUT2D eigenvalue weighted by atomic mass is 9.83. The van der Waals surface area contributed by atoms with Crippen molar-refractivity contribution >= 4 is 23.9 Å². The van der Waals surface area contributed by atoms with Crippen molar-refractivity contribution < 1.29 is 19.2 Å². The summed E-state index contributed by atoms with van der Waals surface area (Å²) in [4.78, 5) is 50.0. The van der Waals surface area contributed by atoms with Crippen molar-refractivity contribution in [1.82, 2.24) is 20.9 Å². The van der Waals surface area contributed by atoms with E-state index < -0.39 is 36.0 Å². The lowest BCUT2D eigenvalue weighted by molar-refractivity contribution is -0.135. The highest BCUT2D eigenvalue weighted by molar-refractivity contribution is 6.10. The third-order valence-electron chi connectivity index (χ3n) is 4.54. The van der Waals surface area contributed by atoms with Crippen LogP contribution in [0, 0.1) is 0 Å². The molecule has 8 heteroatoms. The Morgan fingerprint density at radius 1 is 1.00 bits per heavy atom. The van der Waals surface area contributed by atoms with Gasteiger partial charge in [-0.15, -0.1) is 0 Å². The number of imide groups is 2. The summed E-state index contributed by atoms with van der Waals surface area (Å²) >= 11 is 0. The molecule has 6 amide bonds. The largest absolute Gasteiger partial charge is 0.341 e. The van der Waals surface area contributed by atoms with Crippen LogP contribution in [0.15, 0.2) is 60.7 Å². The number of benzene rings is 2. The predicted molar refractivity (Wildman–Crippen MR) is 101 cm³/mol. The Kier molecular flexibility index (Phi) is 5.39. The minimum Gasteiger partial charge on any atom is -0.341 e. The fourth-order valence-corrected chi connectivity index (χ4v) is 3.18. The Labute approximate surface area is 161 Å². The topological polar surface area (TPSA) is 108 Å². The molecule has 1 aliphatic rings. The molecule has 28 heavy (non-hydrogen) atoms. The number of amides is 6. The maximum atomic E-state index is 13.3. The first kappa shape index (κ1) is 19.1. The van der Waals surface area contributed by atoms with Gasteiger partial charge in [-0.05, 0) is 11.1 Å². The second-order valence-electron chi connectivity index (χ2n) is 6.38. The Morgan fingerprint density at radius 2 is 1.61 bits per heavy atom. The zero-order valence-electron chi connectivity index (χ0n) is 15.3. The molecule has 3 rings (SSSR count). The van der Waals surface area contributed by atoms with Gasteiger partial charge in [-0.25, -0.2) is 9.59 Å². The first-order valence-corrected chi connectivity index (χ1v) is 8.71. The molecule has 0 aromatic heterocycles. The van der Waals surface area contributed by atoms with Gasteiger partial charge in [-0.3, -0.25) is 19.8 Å². The molecule has 1 fully saturated rings. The third kappa shape index (κ3) is 3.71. The Balaban J connectivity index is 1.92. The van der Waals surface area contributed by atoms with Crippen molar-refractivity contribution in [3.63, 3.8) is 0 Å². The molecule has 0 radical (unpaired) electrons. The number of hydrogen-bond donors (Lipinski definition) is 3. The van der Waals surface area contributed by atoms with Crippen LogP contribution in [0.4, 0.5) is 9.59 Å². The average Bonchev–Trinajstić information content (AvgIpc) is 2.94. The summed E-state index contributed by atoms with van der Waals surface area (Å²) < 4.78 is 0. The lowest BCUT2D eigenvalue weighted by Gasteiger charge is -2.27. The van der Waals surface area contributed by atoms with Gasteiger partial charge in [0.2, 0.25) is 5.91 Å². The van der Waals surface area contributed by atoms with Crippen molar-refractivity contribution in [3.8, 4) is 0 Å². The smallest absolute Gasteiger partial charge is 0.325 e. The second kappa shape index (κ2) is 7.91. The lowest BCUT2D eigenvalue weighted by Crippen LogP contribution is -2.48. The summed E-state index contributed by atoms with van der Waals surface area (Å²) in [6, 6.07) is 16.8. The van der Waals surface area contributed by atoms with Crippen molar-refractivity contribution in [2.75, 3.05) is 13.6 Å². The van der Waals surface area contributed by atoms with Crippen LogP contribution in [0.2, 0.25) is 0 Å². The van der Waals surface area contributed by atoms with Gasteiger partial charge in [0.15, 0.2) is 5.54 Å². The van der Waals surface area contributed by atoms with Gasteiger partial charge in [-0.1, -0.05) is 60.7 Å². The van der Waals surface area contributed by atoms with Crippen molar-refractivity contribution in [3.05, 3.63) is 71.8 Å². The van der Waals surface area contributed by atoms with E-state index in [0.717, 1.165) is 10.5 Å². The molecule has 0 bridgehead atoms. The van der Waals surface area contributed by atoms with Gasteiger partial charge in [0.1, 0.15) is 6.54 Å². The molecule has 144 valence electrons.